The molecule has 0 amide bonds. The van der Waals surface area contributed by atoms with E-state index in [1.165, 1.54) is 0 Å². The Kier molecular flexibility index (Phi) is 3.51. The van der Waals surface area contributed by atoms with Crippen molar-refractivity contribution in [1.82, 2.24) is 19.7 Å². The van der Waals surface area contributed by atoms with Crippen molar-refractivity contribution >= 4 is 17.0 Å². The third kappa shape index (κ3) is 2.46. The molecule has 1 aliphatic rings. The van der Waals surface area contributed by atoms with Gasteiger partial charge in [-0.25, -0.2) is 14.8 Å². The summed E-state index contributed by atoms with van der Waals surface area (Å²) in [4.78, 5) is 21.0. The van der Waals surface area contributed by atoms with Crippen LogP contribution < -0.4 is 9.47 Å². The van der Waals surface area contributed by atoms with Crippen LogP contribution in [0.4, 0.5) is 0 Å². The number of aromatic nitrogens is 4. The molecule has 5 rings (SSSR count). The minimum atomic E-state index is -1.04. The lowest BCUT2D eigenvalue weighted by Gasteiger charge is -2.07. The lowest BCUT2D eigenvalue weighted by Crippen LogP contribution is -2.03. The van der Waals surface area contributed by atoms with E-state index in [4.69, 9.17) is 14.5 Å². The molecule has 28 heavy (non-hydrogen) atoms. The average Bonchev–Trinajstić information content (AvgIpc) is 3.32. The summed E-state index contributed by atoms with van der Waals surface area (Å²) >= 11 is 0. The van der Waals surface area contributed by atoms with Gasteiger partial charge in [-0.1, -0.05) is 6.07 Å². The zero-order chi connectivity index (χ0) is 19.3. The van der Waals surface area contributed by atoms with Crippen LogP contribution in [0.1, 0.15) is 16.1 Å². The Bertz CT molecular complexity index is 1230. The second-order valence-corrected chi connectivity index (χ2v) is 6.31. The monoisotopic (exact) mass is 374 g/mol. The maximum Gasteiger partial charge on any atom is 0.336 e. The molecular formula is C20H14N4O4. The number of carboxylic acids is 1. The molecule has 0 saturated heterocycles. The lowest BCUT2D eigenvalue weighted by molar-refractivity contribution is 0.0699. The molecule has 1 aliphatic heterocycles. The second-order valence-electron chi connectivity index (χ2n) is 6.31. The third-order valence-electron chi connectivity index (χ3n) is 4.58. The molecule has 0 fully saturated rings. The Morgan fingerprint density at radius 1 is 1.14 bits per heavy atom. The van der Waals surface area contributed by atoms with E-state index in [2.05, 4.69) is 10.1 Å². The first-order chi connectivity index (χ1) is 13.6. The highest BCUT2D eigenvalue weighted by Gasteiger charge is 2.22. The zero-order valence-corrected chi connectivity index (χ0v) is 14.8. The Labute approximate surface area is 159 Å². The van der Waals surface area contributed by atoms with Crippen molar-refractivity contribution in [2.24, 2.45) is 0 Å². The molecule has 0 atom stereocenters. The molecule has 138 valence electrons. The smallest absolute Gasteiger partial charge is 0.336 e. The van der Waals surface area contributed by atoms with Gasteiger partial charge in [-0.3, -0.25) is 0 Å². The van der Waals surface area contributed by atoms with Crippen molar-refractivity contribution < 1.29 is 19.4 Å². The zero-order valence-electron chi connectivity index (χ0n) is 14.8. The number of pyridine rings is 2. The summed E-state index contributed by atoms with van der Waals surface area (Å²) in [5.41, 5.74) is 2.37. The van der Waals surface area contributed by atoms with Crippen LogP contribution >= 0.6 is 0 Å². The van der Waals surface area contributed by atoms with Crippen LogP contribution in [-0.2, 0) is 0 Å². The van der Waals surface area contributed by atoms with Gasteiger partial charge >= 0.3 is 5.97 Å². The summed E-state index contributed by atoms with van der Waals surface area (Å²) in [6, 6.07) is 12.4. The Morgan fingerprint density at radius 3 is 2.79 bits per heavy atom. The number of nitrogens with zero attached hydrogens (tertiary/aromatic N) is 4. The molecule has 4 aromatic rings. The number of carboxylic acid groups (broad SMARTS) is 1. The molecule has 1 N–H and O–H groups in total. The van der Waals surface area contributed by atoms with Crippen molar-refractivity contribution in [2.45, 2.75) is 6.92 Å². The van der Waals surface area contributed by atoms with Gasteiger partial charge in [0.2, 0.25) is 6.79 Å². The molecule has 8 nitrogen and oxygen atoms in total. The molecule has 0 unspecified atom stereocenters. The van der Waals surface area contributed by atoms with E-state index in [0.29, 0.717) is 39.7 Å². The Balaban J connectivity index is 1.78. The summed E-state index contributed by atoms with van der Waals surface area (Å²) in [6.07, 6.45) is 1.65. The first-order valence-electron chi connectivity index (χ1n) is 8.57. The quantitative estimate of drug-likeness (QED) is 0.588. The highest BCUT2D eigenvalue weighted by molar-refractivity contribution is 6.04. The minimum absolute atomic E-state index is 0.136. The number of fused-ring (bicyclic) bond motifs is 2. The van der Waals surface area contributed by atoms with E-state index in [-0.39, 0.29) is 12.4 Å². The van der Waals surface area contributed by atoms with E-state index in [0.717, 1.165) is 5.56 Å². The maximum absolute atomic E-state index is 12.0. The Hall–Kier alpha value is -3.94. The number of rotatable bonds is 3. The van der Waals surface area contributed by atoms with Crippen molar-refractivity contribution in [3.05, 3.63) is 59.9 Å². The van der Waals surface area contributed by atoms with Gasteiger partial charge in [0.25, 0.3) is 0 Å². The van der Waals surface area contributed by atoms with Crippen LogP contribution in [-0.4, -0.2) is 37.6 Å². The summed E-state index contributed by atoms with van der Waals surface area (Å²) < 4.78 is 12.3. The predicted octanol–water partition coefficient (Wildman–Crippen LogP) is 3.22. The number of ether oxygens (including phenoxy) is 2. The maximum atomic E-state index is 12.0. The second kappa shape index (κ2) is 6.05. The molecular weight excluding hydrogens is 360 g/mol. The fraction of sp³-hybridized carbons (Fsp3) is 0.100. The summed E-state index contributed by atoms with van der Waals surface area (Å²) in [7, 11) is 0. The highest BCUT2D eigenvalue weighted by Crippen LogP contribution is 2.36. The fourth-order valence-corrected chi connectivity index (χ4v) is 3.30. The number of hydrogen-bond acceptors (Lipinski definition) is 6. The fourth-order valence-electron chi connectivity index (χ4n) is 3.30. The van der Waals surface area contributed by atoms with Crippen molar-refractivity contribution in [1.29, 1.82) is 0 Å². The van der Waals surface area contributed by atoms with E-state index in [1.807, 2.05) is 12.1 Å². The van der Waals surface area contributed by atoms with Crippen LogP contribution in [0.25, 0.3) is 28.1 Å². The van der Waals surface area contributed by atoms with E-state index < -0.39 is 5.97 Å². The summed E-state index contributed by atoms with van der Waals surface area (Å²) in [5.74, 6) is 0.772. The number of carbonyl (C=O) groups is 1. The molecule has 1 aromatic carbocycles. The molecule has 0 bridgehead atoms. The van der Waals surface area contributed by atoms with Gasteiger partial charge in [-0.05, 0) is 43.3 Å². The van der Waals surface area contributed by atoms with Gasteiger partial charge in [0.15, 0.2) is 23.0 Å². The predicted molar refractivity (Wildman–Crippen MR) is 99.9 cm³/mol. The van der Waals surface area contributed by atoms with Gasteiger partial charge in [0.05, 0.1) is 22.3 Å². The van der Waals surface area contributed by atoms with Crippen LogP contribution in [0, 0.1) is 6.92 Å². The van der Waals surface area contributed by atoms with Crippen molar-refractivity contribution in [3.63, 3.8) is 0 Å². The topological polar surface area (TPSA) is 99.4 Å². The lowest BCUT2D eigenvalue weighted by atomic mass is 10.1. The van der Waals surface area contributed by atoms with Gasteiger partial charge in [0, 0.05) is 11.8 Å². The van der Waals surface area contributed by atoms with Crippen LogP contribution in [0.3, 0.4) is 0 Å². The number of aromatic carboxylic acids is 1. The molecule has 3 aromatic heterocycles. The largest absolute Gasteiger partial charge is 0.478 e. The molecule has 0 spiro atoms. The SMILES string of the molecule is Cc1nn(-c2ccccn2)c2nc(-c3ccc4c(c3)OCO4)cc(C(=O)O)c12. The van der Waals surface area contributed by atoms with Gasteiger partial charge < -0.3 is 14.6 Å². The van der Waals surface area contributed by atoms with Gasteiger partial charge in [-0.15, -0.1) is 0 Å². The van der Waals surface area contributed by atoms with Crippen molar-refractivity contribution in [3.8, 4) is 28.6 Å². The summed E-state index contributed by atoms with van der Waals surface area (Å²) in [6.45, 7) is 1.92. The Morgan fingerprint density at radius 2 is 2.00 bits per heavy atom. The molecule has 4 heterocycles. The standard InChI is InChI=1S/C20H14N4O4/c1-11-18-13(20(25)26)9-14(12-5-6-15-16(8-12)28-10-27-15)22-19(18)24(23-11)17-4-2-3-7-21-17/h2-9H,10H2,1H3,(H,25,26). The van der Waals surface area contributed by atoms with E-state index >= 15 is 0 Å². The van der Waals surface area contributed by atoms with Crippen molar-refractivity contribution in [2.75, 3.05) is 6.79 Å². The van der Waals surface area contributed by atoms with Crippen LogP contribution in [0.15, 0.2) is 48.7 Å². The highest BCUT2D eigenvalue weighted by atomic mass is 16.7. The van der Waals surface area contributed by atoms with E-state index in [9.17, 15) is 9.90 Å². The van der Waals surface area contributed by atoms with Crippen LogP contribution in [0.2, 0.25) is 0 Å². The normalized spacial score (nSPS) is 12.5. The molecule has 0 radical (unpaired) electrons. The van der Waals surface area contributed by atoms with E-state index in [1.54, 1.807) is 48.1 Å². The summed E-state index contributed by atoms with van der Waals surface area (Å²) in [5, 5.41) is 14.8. The van der Waals surface area contributed by atoms with Crippen LogP contribution in [0.5, 0.6) is 11.5 Å². The molecule has 0 aliphatic carbocycles. The number of aryl methyl sites for hydroxylation is 1. The first kappa shape index (κ1) is 16.2. The number of benzene rings is 1. The number of hydrogen-bond donors (Lipinski definition) is 1. The third-order valence-corrected chi connectivity index (χ3v) is 4.58. The van der Waals surface area contributed by atoms with Gasteiger partial charge in [-0.2, -0.15) is 9.78 Å². The molecule has 0 saturated carbocycles. The average molecular weight is 374 g/mol. The minimum Gasteiger partial charge on any atom is -0.478 e. The molecule has 8 heteroatoms. The first-order valence-corrected chi connectivity index (χ1v) is 8.57. The van der Waals surface area contributed by atoms with Gasteiger partial charge in [0.1, 0.15) is 0 Å².